The van der Waals surface area contributed by atoms with Gasteiger partial charge in [-0.05, 0) is 29.0 Å². The van der Waals surface area contributed by atoms with Gasteiger partial charge in [-0.3, -0.25) is 4.79 Å². The third kappa shape index (κ3) is 6.29. The first kappa shape index (κ1) is 26.9. The maximum atomic E-state index is 13.7. The summed E-state index contributed by atoms with van der Waals surface area (Å²) in [4.78, 5) is 22.1. The first-order chi connectivity index (χ1) is 17.2. The van der Waals surface area contributed by atoms with Crippen molar-refractivity contribution < 1.29 is 32.0 Å². The molecule has 3 aromatic carbocycles. The molecular weight excluding hydrogens is 504 g/mol. The van der Waals surface area contributed by atoms with Gasteiger partial charge in [0.25, 0.3) is 5.91 Å². The molecule has 0 radical (unpaired) electrons. The molecule has 0 aromatic heterocycles. The number of carbonyl (C=O) groups is 1. The second kappa shape index (κ2) is 11.8. The largest absolute Gasteiger partial charge is 0.432 e. The van der Waals surface area contributed by atoms with Crippen molar-refractivity contribution in [3.8, 4) is 0 Å². The van der Waals surface area contributed by atoms with E-state index in [4.69, 9.17) is 22.2 Å². The Hall–Kier alpha value is -3.70. The van der Waals surface area contributed by atoms with Crippen molar-refractivity contribution in [2.24, 2.45) is 16.0 Å². The van der Waals surface area contributed by atoms with Gasteiger partial charge in [0.1, 0.15) is 18.6 Å². The molecule has 12 heteroatoms. The summed E-state index contributed by atoms with van der Waals surface area (Å²) in [6, 6.07) is 12.4. The van der Waals surface area contributed by atoms with Gasteiger partial charge in [-0.2, -0.15) is 13.2 Å². The Balaban J connectivity index is 1.97. The quantitative estimate of drug-likeness (QED) is 0.234. The number of carbonyl (C=O) groups excluding carboxylic acids is 1. The second-order valence-corrected chi connectivity index (χ2v) is 7.74. The summed E-state index contributed by atoms with van der Waals surface area (Å²) in [6.07, 6.45) is -6.01. The molecular formula is C24H21ClF4N4O3. The lowest BCUT2D eigenvalue weighted by Gasteiger charge is -2.20. The van der Waals surface area contributed by atoms with Crippen LogP contribution >= 0.6 is 11.6 Å². The molecule has 0 aliphatic heterocycles. The highest BCUT2D eigenvalue weighted by molar-refractivity contribution is 6.30. The Labute approximate surface area is 208 Å². The van der Waals surface area contributed by atoms with Gasteiger partial charge in [0, 0.05) is 23.2 Å². The fourth-order valence-corrected chi connectivity index (χ4v) is 3.58. The molecule has 0 aliphatic rings. The summed E-state index contributed by atoms with van der Waals surface area (Å²) in [5.74, 6) is -1.26. The molecule has 1 amide bonds. The van der Waals surface area contributed by atoms with E-state index in [1.807, 2.05) is 0 Å². The maximum Gasteiger partial charge on any atom is 0.432 e. The number of oxime groups is 2. The standard InChI is InChI=1S/C24H21ClF4N4O3/c1-35-32-11-10-31-23(34)18-8-7-17(15-4-2-3-5-16(15)18)21(13-30)33-36-22(24(27,28)29)14-6-9-20(26)19(25)12-14/h2-9,11-12,22H,10,13,30H2,1H3,(H,31,34)/b32-11+,33-21+. The molecule has 3 N–H and O–H groups in total. The molecule has 190 valence electrons. The Morgan fingerprint density at radius 1 is 1.14 bits per heavy atom. The van der Waals surface area contributed by atoms with E-state index in [1.165, 1.54) is 25.5 Å². The molecule has 0 saturated heterocycles. The molecule has 3 rings (SSSR count). The van der Waals surface area contributed by atoms with Crippen molar-refractivity contribution in [1.29, 1.82) is 0 Å². The van der Waals surface area contributed by atoms with Crippen molar-refractivity contribution in [3.05, 3.63) is 82.1 Å². The summed E-state index contributed by atoms with van der Waals surface area (Å²) < 4.78 is 54.6. The molecule has 36 heavy (non-hydrogen) atoms. The minimum absolute atomic E-state index is 0.00726. The minimum atomic E-state index is -4.87. The number of halogens is 5. The summed E-state index contributed by atoms with van der Waals surface area (Å²) in [5, 5.41) is 10.5. The Morgan fingerprint density at radius 2 is 1.81 bits per heavy atom. The molecule has 0 aliphatic carbocycles. The lowest BCUT2D eigenvalue weighted by molar-refractivity contribution is -0.224. The minimum Gasteiger partial charge on any atom is -0.399 e. The topological polar surface area (TPSA) is 98.3 Å². The first-order valence-corrected chi connectivity index (χ1v) is 10.8. The van der Waals surface area contributed by atoms with Crippen molar-refractivity contribution in [1.82, 2.24) is 5.32 Å². The van der Waals surface area contributed by atoms with E-state index in [1.54, 1.807) is 24.3 Å². The van der Waals surface area contributed by atoms with Crippen LogP contribution in [0, 0.1) is 5.82 Å². The zero-order valence-electron chi connectivity index (χ0n) is 18.9. The maximum absolute atomic E-state index is 13.7. The fraction of sp³-hybridized carbons (Fsp3) is 0.208. The number of benzene rings is 3. The van der Waals surface area contributed by atoms with Crippen molar-refractivity contribution in [2.45, 2.75) is 12.3 Å². The highest BCUT2D eigenvalue weighted by Gasteiger charge is 2.44. The number of rotatable bonds is 9. The van der Waals surface area contributed by atoms with Gasteiger partial charge in [0.15, 0.2) is 0 Å². The highest BCUT2D eigenvalue weighted by Crippen LogP contribution is 2.37. The van der Waals surface area contributed by atoms with Gasteiger partial charge in [-0.25, -0.2) is 4.39 Å². The number of hydrogen-bond acceptors (Lipinski definition) is 6. The molecule has 3 aromatic rings. The van der Waals surface area contributed by atoms with Gasteiger partial charge in [0.2, 0.25) is 6.10 Å². The molecule has 0 bridgehead atoms. The summed E-state index contributed by atoms with van der Waals surface area (Å²) in [5.41, 5.74) is 6.08. The van der Waals surface area contributed by atoms with Crippen LogP contribution in [-0.4, -0.2) is 44.2 Å². The van der Waals surface area contributed by atoms with Crippen molar-refractivity contribution in [2.75, 3.05) is 20.2 Å². The van der Waals surface area contributed by atoms with Crippen LogP contribution in [0.2, 0.25) is 5.02 Å². The predicted octanol–water partition coefficient (Wildman–Crippen LogP) is 4.98. The van der Waals surface area contributed by atoms with Gasteiger partial charge >= 0.3 is 6.18 Å². The molecule has 0 spiro atoms. The molecule has 1 unspecified atom stereocenters. The van der Waals surface area contributed by atoms with Crippen LogP contribution in [0.3, 0.4) is 0 Å². The molecule has 0 saturated carbocycles. The van der Waals surface area contributed by atoms with E-state index >= 15 is 0 Å². The monoisotopic (exact) mass is 524 g/mol. The second-order valence-electron chi connectivity index (χ2n) is 7.33. The van der Waals surface area contributed by atoms with Crippen LogP contribution in [0.25, 0.3) is 10.8 Å². The van der Waals surface area contributed by atoms with Crippen LogP contribution in [-0.2, 0) is 9.68 Å². The van der Waals surface area contributed by atoms with Gasteiger partial charge in [-0.15, -0.1) is 0 Å². The van der Waals surface area contributed by atoms with Crippen LogP contribution in [0.5, 0.6) is 0 Å². The summed E-state index contributed by atoms with van der Waals surface area (Å²) in [7, 11) is 1.37. The Morgan fingerprint density at radius 3 is 2.42 bits per heavy atom. The smallest absolute Gasteiger partial charge is 0.399 e. The normalized spacial score (nSPS) is 13.1. The van der Waals surface area contributed by atoms with Gasteiger partial charge in [0.05, 0.1) is 17.8 Å². The molecule has 0 fully saturated rings. The van der Waals surface area contributed by atoms with E-state index in [2.05, 4.69) is 20.5 Å². The number of nitrogens with zero attached hydrogens (tertiary/aromatic N) is 2. The number of alkyl halides is 3. The van der Waals surface area contributed by atoms with Crippen LogP contribution in [0.15, 0.2) is 64.9 Å². The van der Waals surface area contributed by atoms with E-state index in [-0.39, 0.29) is 18.8 Å². The van der Waals surface area contributed by atoms with Crippen molar-refractivity contribution >= 4 is 40.2 Å². The third-order valence-corrected chi connectivity index (χ3v) is 5.31. The molecule has 1 atom stereocenters. The van der Waals surface area contributed by atoms with Crippen molar-refractivity contribution in [3.63, 3.8) is 0 Å². The average Bonchev–Trinajstić information content (AvgIpc) is 2.85. The van der Waals surface area contributed by atoms with Gasteiger partial charge < -0.3 is 20.7 Å². The average molecular weight is 525 g/mol. The van der Waals surface area contributed by atoms with Gasteiger partial charge in [-0.1, -0.05) is 58.3 Å². The van der Waals surface area contributed by atoms with E-state index in [9.17, 15) is 22.4 Å². The van der Waals surface area contributed by atoms with E-state index < -0.39 is 34.6 Å². The summed E-state index contributed by atoms with van der Waals surface area (Å²) >= 11 is 5.65. The predicted molar refractivity (Wildman–Crippen MR) is 129 cm³/mol. The lowest BCUT2D eigenvalue weighted by Crippen LogP contribution is -2.26. The van der Waals surface area contributed by atoms with Crippen LogP contribution < -0.4 is 11.1 Å². The zero-order valence-corrected chi connectivity index (χ0v) is 19.6. The third-order valence-electron chi connectivity index (χ3n) is 5.02. The zero-order chi connectivity index (χ0) is 26.3. The number of fused-ring (bicyclic) bond motifs is 1. The molecule has 0 heterocycles. The molecule has 7 nitrogen and oxygen atoms in total. The number of nitrogens with one attached hydrogen (secondary N) is 1. The highest BCUT2D eigenvalue weighted by atomic mass is 35.5. The van der Waals surface area contributed by atoms with Crippen LogP contribution in [0.4, 0.5) is 17.6 Å². The summed E-state index contributed by atoms with van der Waals surface area (Å²) in [6.45, 7) is -0.143. The fourth-order valence-electron chi connectivity index (χ4n) is 3.39. The lowest BCUT2D eigenvalue weighted by atomic mass is 9.96. The Kier molecular flexibility index (Phi) is 8.83. The van der Waals surface area contributed by atoms with E-state index in [0.29, 0.717) is 21.9 Å². The number of hydrogen-bond donors (Lipinski definition) is 2. The Bertz CT molecular complexity index is 1300. The van der Waals surface area contributed by atoms with Crippen LogP contribution in [0.1, 0.15) is 27.6 Å². The number of nitrogens with two attached hydrogens (primary N) is 1. The first-order valence-electron chi connectivity index (χ1n) is 10.5. The number of amides is 1. The SMILES string of the molecule is CO/N=C/CNC(=O)c1ccc(/C(CN)=N/OC(c2ccc(F)c(Cl)c2)C(F)(F)F)c2ccccc12. The van der Waals surface area contributed by atoms with E-state index in [0.717, 1.165) is 18.2 Å².